The number of carbonyl (C=O) groups is 2. The van der Waals surface area contributed by atoms with E-state index in [-0.39, 0.29) is 18.2 Å². The van der Waals surface area contributed by atoms with Crippen LogP contribution in [0.4, 0.5) is 0 Å². The van der Waals surface area contributed by atoms with Gasteiger partial charge >= 0.3 is 0 Å². The Morgan fingerprint density at radius 1 is 0.889 bits per heavy atom. The summed E-state index contributed by atoms with van der Waals surface area (Å²) in [4.78, 5) is 29.1. The van der Waals surface area contributed by atoms with Crippen molar-refractivity contribution in [3.63, 3.8) is 0 Å². The van der Waals surface area contributed by atoms with E-state index in [1.807, 2.05) is 66.7 Å². The van der Waals surface area contributed by atoms with Gasteiger partial charge in [-0.2, -0.15) is 0 Å². The molecule has 0 heterocycles. The highest BCUT2D eigenvalue weighted by Gasteiger charge is 2.30. The minimum absolute atomic E-state index is 0.0763. The predicted molar refractivity (Wildman–Crippen MR) is 145 cm³/mol. The van der Waals surface area contributed by atoms with Gasteiger partial charge in [0.05, 0.1) is 13.5 Å². The topological polar surface area (TPSA) is 58.6 Å². The van der Waals surface area contributed by atoms with Gasteiger partial charge in [-0.3, -0.25) is 9.59 Å². The summed E-state index contributed by atoms with van der Waals surface area (Å²) in [5.41, 5.74) is 5.23. The largest absolute Gasteiger partial charge is 0.497 e. The first-order valence-corrected chi connectivity index (χ1v) is 12.7. The molecule has 0 unspecified atom stereocenters. The van der Waals surface area contributed by atoms with E-state index in [2.05, 4.69) is 32.2 Å². The van der Waals surface area contributed by atoms with Crippen LogP contribution in [0.1, 0.15) is 47.6 Å². The first-order chi connectivity index (χ1) is 17.4. The van der Waals surface area contributed by atoms with Gasteiger partial charge in [0.15, 0.2) is 0 Å². The van der Waals surface area contributed by atoms with Crippen LogP contribution in [-0.4, -0.2) is 36.4 Å². The predicted octanol–water partition coefficient (Wildman–Crippen LogP) is 5.41. The molecule has 0 aromatic heterocycles. The third-order valence-electron chi connectivity index (χ3n) is 6.51. The van der Waals surface area contributed by atoms with Crippen LogP contribution >= 0.6 is 0 Å². The number of rotatable bonds is 12. The molecule has 0 saturated heterocycles. The number of amides is 2. The lowest BCUT2D eigenvalue weighted by Crippen LogP contribution is -2.51. The highest BCUT2D eigenvalue weighted by atomic mass is 16.5. The molecule has 3 aromatic carbocycles. The highest BCUT2D eigenvalue weighted by molar-refractivity contribution is 5.88. The summed E-state index contributed by atoms with van der Waals surface area (Å²) in [6.45, 7) is 7.12. The third-order valence-corrected chi connectivity index (χ3v) is 6.51. The summed E-state index contributed by atoms with van der Waals surface area (Å²) in [5.74, 6) is 0.525. The van der Waals surface area contributed by atoms with E-state index in [0.29, 0.717) is 19.5 Å². The van der Waals surface area contributed by atoms with Crippen molar-refractivity contribution in [2.24, 2.45) is 0 Å². The average molecular weight is 487 g/mol. The van der Waals surface area contributed by atoms with Crippen LogP contribution in [0.5, 0.6) is 5.75 Å². The molecule has 0 spiro atoms. The lowest BCUT2D eigenvalue weighted by atomic mass is 10.00. The quantitative estimate of drug-likeness (QED) is 0.348. The van der Waals surface area contributed by atoms with Crippen molar-refractivity contribution in [1.29, 1.82) is 0 Å². The number of aryl methyl sites for hydroxylation is 2. The molecule has 0 aliphatic carbocycles. The molecule has 5 nitrogen and oxygen atoms in total. The Bertz CT molecular complexity index is 1140. The Kier molecular flexibility index (Phi) is 10.1. The van der Waals surface area contributed by atoms with Gasteiger partial charge < -0.3 is 15.0 Å². The molecule has 2 amide bonds. The molecule has 5 heteroatoms. The second-order valence-electron chi connectivity index (χ2n) is 9.32. The van der Waals surface area contributed by atoms with Gasteiger partial charge in [0.2, 0.25) is 11.8 Å². The van der Waals surface area contributed by atoms with E-state index >= 15 is 0 Å². The first kappa shape index (κ1) is 27.0. The smallest absolute Gasteiger partial charge is 0.243 e. The SMILES string of the molecule is CCCCNC(=O)[C@H](Cc1ccccc1)N(Cc1cccc(OC)c1)C(=O)Cc1ccc(C)c(C)c1. The molecule has 1 N–H and O–H groups in total. The Labute approximate surface area is 215 Å². The second-order valence-corrected chi connectivity index (χ2v) is 9.32. The van der Waals surface area contributed by atoms with Crippen LogP contribution in [0.15, 0.2) is 72.8 Å². The number of ether oxygens (including phenoxy) is 1. The van der Waals surface area contributed by atoms with Crippen molar-refractivity contribution in [1.82, 2.24) is 10.2 Å². The standard InChI is InChI=1S/C31H38N2O3/c1-5-6-17-32-31(35)29(20-25-11-8-7-9-12-25)33(22-27-13-10-14-28(19-27)36-4)30(34)21-26-16-15-23(2)24(3)18-26/h7-16,18-19,29H,5-6,17,20-22H2,1-4H3,(H,32,35)/t29-/m0/s1. The lowest BCUT2D eigenvalue weighted by molar-refractivity contribution is -0.140. The number of benzene rings is 3. The molecule has 0 fully saturated rings. The Morgan fingerprint density at radius 3 is 2.33 bits per heavy atom. The van der Waals surface area contributed by atoms with Crippen molar-refractivity contribution < 1.29 is 14.3 Å². The van der Waals surface area contributed by atoms with Crippen LogP contribution in [-0.2, 0) is 29.0 Å². The maximum atomic E-state index is 13.8. The maximum Gasteiger partial charge on any atom is 0.243 e. The van der Waals surface area contributed by atoms with Crippen LogP contribution < -0.4 is 10.1 Å². The fraction of sp³-hybridized carbons (Fsp3) is 0.355. The molecule has 0 aliphatic heterocycles. The van der Waals surface area contributed by atoms with Crippen molar-refractivity contribution in [3.8, 4) is 5.75 Å². The highest BCUT2D eigenvalue weighted by Crippen LogP contribution is 2.20. The molecular formula is C31H38N2O3. The third kappa shape index (κ3) is 7.70. The van der Waals surface area contributed by atoms with Gasteiger partial charge in [0, 0.05) is 19.5 Å². The summed E-state index contributed by atoms with van der Waals surface area (Å²) in [5, 5.41) is 3.07. The summed E-state index contributed by atoms with van der Waals surface area (Å²) < 4.78 is 5.40. The molecule has 3 rings (SSSR count). The van der Waals surface area contributed by atoms with Crippen LogP contribution in [0.25, 0.3) is 0 Å². The van der Waals surface area contributed by atoms with E-state index in [1.54, 1.807) is 12.0 Å². The van der Waals surface area contributed by atoms with E-state index < -0.39 is 6.04 Å². The summed E-state index contributed by atoms with van der Waals surface area (Å²) in [7, 11) is 1.63. The number of hydrogen-bond acceptors (Lipinski definition) is 3. The number of hydrogen-bond donors (Lipinski definition) is 1. The molecule has 36 heavy (non-hydrogen) atoms. The monoisotopic (exact) mass is 486 g/mol. The van der Waals surface area contributed by atoms with Gasteiger partial charge in [-0.25, -0.2) is 0 Å². The van der Waals surface area contributed by atoms with Crippen molar-refractivity contribution in [2.75, 3.05) is 13.7 Å². The Balaban J connectivity index is 1.96. The number of nitrogens with one attached hydrogen (secondary N) is 1. The zero-order valence-electron chi connectivity index (χ0n) is 21.9. The van der Waals surface area contributed by atoms with Gasteiger partial charge in [0.1, 0.15) is 11.8 Å². The van der Waals surface area contributed by atoms with Crippen LogP contribution in [0, 0.1) is 13.8 Å². The molecule has 0 aliphatic rings. The Morgan fingerprint density at radius 2 is 1.64 bits per heavy atom. The van der Waals surface area contributed by atoms with Crippen LogP contribution in [0.2, 0.25) is 0 Å². The molecule has 190 valence electrons. The molecule has 0 saturated carbocycles. The molecule has 1 atom stereocenters. The number of unbranched alkanes of at least 4 members (excludes halogenated alkanes) is 1. The first-order valence-electron chi connectivity index (χ1n) is 12.7. The Hall–Kier alpha value is -3.60. The van der Waals surface area contributed by atoms with E-state index in [4.69, 9.17) is 4.74 Å². The zero-order valence-corrected chi connectivity index (χ0v) is 21.9. The normalized spacial score (nSPS) is 11.6. The number of carbonyl (C=O) groups excluding carboxylic acids is 2. The van der Waals surface area contributed by atoms with Crippen molar-refractivity contribution in [2.45, 2.75) is 59.0 Å². The maximum absolute atomic E-state index is 13.8. The minimum Gasteiger partial charge on any atom is -0.497 e. The molecule has 0 radical (unpaired) electrons. The van der Waals surface area contributed by atoms with Gasteiger partial charge in [-0.05, 0) is 60.2 Å². The van der Waals surface area contributed by atoms with Crippen molar-refractivity contribution in [3.05, 3.63) is 101 Å². The van der Waals surface area contributed by atoms with Gasteiger partial charge in [-0.1, -0.05) is 74.0 Å². The van der Waals surface area contributed by atoms with E-state index in [1.165, 1.54) is 5.56 Å². The fourth-order valence-electron chi connectivity index (χ4n) is 4.22. The zero-order chi connectivity index (χ0) is 25.9. The minimum atomic E-state index is -0.630. The number of nitrogens with zero attached hydrogens (tertiary/aromatic N) is 1. The molecule has 3 aromatic rings. The molecule has 0 bridgehead atoms. The summed E-state index contributed by atoms with van der Waals surface area (Å²) in [6, 6.07) is 23.0. The van der Waals surface area contributed by atoms with E-state index in [9.17, 15) is 9.59 Å². The van der Waals surface area contributed by atoms with Crippen molar-refractivity contribution >= 4 is 11.8 Å². The van der Waals surface area contributed by atoms with Gasteiger partial charge in [0.25, 0.3) is 0 Å². The average Bonchev–Trinajstić information content (AvgIpc) is 2.89. The molecular weight excluding hydrogens is 448 g/mol. The van der Waals surface area contributed by atoms with Crippen LogP contribution in [0.3, 0.4) is 0 Å². The lowest BCUT2D eigenvalue weighted by Gasteiger charge is -2.32. The fourth-order valence-corrected chi connectivity index (χ4v) is 4.22. The van der Waals surface area contributed by atoms with E-state index in [0.717, 1.165) is 40.8 Å². The summed E-state index contributed by atoms with van der Waals surface area (Å²) >= 11 is 0. The summed E-state index contributed by atoms with van der Waals surface area (Å²) in [6.07, 6.45) is 2.57. The van der Waals surface area contributed by atoms with Gasteiger partial charge in [-0.15, -0.1) is 0 Å². The second kappa shape index (κ2) is 13.5. The number of methoxy groups -OCH3 is 1.